The van der Waals surface area contributed by atoms with E-state index in [4.69, 9.17) is 5.73 Å². The van der Waals surface area contributed by atoms with Crippen LogP contribution in [0.2, 0.25) is 0 Å². The number of anilines is 2. The van der Waals surface area contributed by atoms with Gasteiger partial charge in [-0.2, -0.15) is 0 Å². The maximum atomic E-state index is 12.2. The third-order valence-corrected chi connectivity index (χ3v) is 4.31. The number of nitrogens with zero attached hydrogens (tertiary/aromatic N) is 1. The van der Waals surface area contributed by atoms with Gasteiger partial charge in [-0.25, -0.2) is 4.98 Å². The molecule has 1 aromatic heterocycles. The number of aryl methyl sites for hydroxylation is 1. The second-order valence-electron chi connectivity index (χ2n) is 5.04. The highest BCUT2D eigenvalue weighted by Crippen LogP contribution is 2.26. The number of nitrogens with one attached hydrogen (secondary N) is 2. The van der Waals surface area contributed by atoms with Crippen molar-refractivity contribution in [1.29, 1.82) is 0 Å². The summed E-state index contributed by atoms with van der Waals surface area (Å²) < 4.78 is 0. The molecule has 0 atom stereocenters. The fourth-order valence-electron chi connectivity index (χ4n) is 2.30. The molecule has 0 saturated heterocycles. The predicted molar refractivity (Wildman–Crippen MR) is 93.5 cm³/mol. The first-order chi connectivity index (χ1) is 10.7. The molecule has 6 nitrogen and oxygen atoms in total. The van der Waals surface area contributed by atoms with Crippen molar-refractivity contribution in [2.75, 3.05) is 17.2 Å². The average molecular weight is 353 g/mol. The van der Waals surface area contributed by atoms with Crippen molar-refractivity contribution in [2.24, 2.45) is 5.73 Å². The van der Waals surface area contributed by atoms with Crippen molar-refractivity contribution in [1.82, 2.24) is 4.98 Å². The van der Waals surface area contributed by atoms with Gasteiger partial charge in [-0.3, -0.25) is 9.59 Å². The average Bonchev–Trinajstić information content (AvgIpc) is 2.96. The Kier molecular flexibility index (Phi) is 5.70. The Morgan fingerprint density at radius 3 is 3.00 bits per heavy atom. The third kappa shape index (κ3) is 4.07. The molecule has 0 bridgehead atoms. The first-order valence-electron chi connectivity index (χ1n) is 7.04. The van der Waals surface area contributed by atoms with Crippen molar-refractivity contribution in [2.45, 2.75) is 19.3 Å². The van der Waals surface area contributed by atoms with Gasteiger partial charge in [0.15, 0.2) is 0 Å². The van der Waals surface area contributed by atoms with Gasteiger partial charge in [0.25, 0.3) is 5.91 Å². The number of benzene rings is 1. The summed E-state index contributed by atoms with van der Waals surface area (Å²) in [4.78, 5) is 27.9. The van der Waals surface area contributed by atoms with Gasteiger partial charge >= 0.3 is 0 Å². The number of thiazole rings is 1. The van der Waals surface area contributed by atoms with E-state index < -0.39 is 0 Å². The van der Waals surface area contributed by atoms with Crippen LogP contribution in [0.5, 0.6) is 0 Å². The minimum absolute atomic E-state index is 0. The summed E-state index contributed by atoms with van der Waals surface area (Å²) in [6.07, 6.45) is 1.90. The van der Waals surface area contributed by atoms with Crippen molar-refractivity contribution >= 4 is 46.9 Å². The molecule has 0 fully saturated rings. The Morgan fingerprint density at radius 1 is 1.39 bits per heavy atom. The number of amides is 2. The van der Waals surface area contributed by atoms with Gasteiger partial charge in [0.1, 0.15) is 5.69 Å². The predicted octanol–water partition coefficient (Wildman–Crippen LogP) is 2.20. The molecule has 4 N–H and O–H groups in total. The van der Waals surface area contributed by atoms with E-state index in [-0.39, 0.29) is 24.2 Å². The fourth-order valence-corrected chi connectivity index (χ4v) is 3.09. The van der Waals surface area contributed by atoms with E-state index >= 15 is 0 Å². The Labute approximate surface area is 143 Å². The molecule has 122 valence electrons. The first-order valence-corrected chi connectivity index (χ1v) is 7.92. The summed E-state index contributed by atoms with van der Waals surface area (Å²) in [6, 6.07) is 5.53. The monoisotopic (exact) mass is 352 g/mol. The van der Waals surface area contributed by atoms with Gasteiger partial charge in [-0.15, -0.1) is 23.7 Å². The highest BCUT2D eigenvalue weighted by molar-refractivity contribution is 7.09. The molecule has 2 heterocycles. The van der Waals surface area contributed by atoms with E-state index in [1.807, 2.05) is 12.1 Å². The summed E-state index contributed by atoms with van der Waals surface area (Å²) in [5, 5.41) is 8.19. The van der Waals surface area contributed by atoms with Crippen LogP contribution in [-0.2, 0) is 17.6 Å². The van der Waals surface area contributed by atoms with Gasteiger partial charge in [0.05, 0.1) is 5.01 Å². The summed E-state index contributed by atoms with van der Waals surface area (Å²) in [5.74, 6) is -0.261. The standard InChI is InChI=1S/C15H16N4O2S.ClH/c16-6-5-14-19-12(8-22-14)15(21)17-10-3-1-9-2-4-13(20)18-11(9)7-10;/h1,3,7-8H,2,4-6,16H2,(H,17,21)(H,18,20);1H. The quantitative estimate of drug-likeness (QED) is 0.785. The topological polar surface area (TPSA) is 97.1 Å². The van der Waals surface area contributed by atoms with Crippen LogP contribution in [0, 0.1) is 0 Å². The zero-order valence-electron chi connectivity index (χ0n) is 12.3. The number of carbonyl (C=O) groups excluding carboxylic acids is 2. The molecule has 1 aromatic carbocycles. The molecule has 0 saturated carbocycles. The summed E-state index contributed by atoms with van der Waals surface area (Å²) in [6.45, 7) is 0.513. The molecular weight excluding hydrogens is 336 g/mol. The van der Waals surface area contributed by atoms with Crippen LogP contribution < -0.4 is 16.4 Å². The number of hydrogen-bond acceptors (Lipinski definition) is 5. The van der Waals surface area contributed by atoms with Crippen molar-refractivity contribution < 1.29 is 9.59 Å². The van der Waals surface area contributed by atoms with Crippen LogP contribution in [0.25, 0.3) is 0 Å². The van der Waals surface area contributed by atoms with Crippen LogP contribution in [0.15, 0.2) is 23.6 Å². The van der Waals surface area contributed by atoms with E-state index in [0.29, 0.717) is 30.8 Å². The Morgan fingerprint density at radius 2 is 2.22 bits per heavy atom. The Hall–Kier alpha value is -1.96. The molecule has 1 aliphatic rings. The maximum absolute atomic E-state index is 12.2. The molecule has 23 heavy (non-hydrogen) atoms. The molecule has 3 rings (SSSR count). The second kappa shape index (κ2) is 7.54. The van der Waals surface area contributed by atoms with Crippen LogP contribution in [-0.4, -0.2) is 23.3 Å². The molecule has 0 radical (unpaired) electrons. The SMILES string of the molecule is Cl.NCCc1nc(C(=O)Nc2ccc3c(c2)NC(=O)CC3)cs1. The second-order valence-corrected chi connectivity index (χ2v) is 5.98. The van der Waals surface area contributed by atoms with Gasteiger partial charge in [-0.05, 0) is 30.7 Å². The molecule has 0 spiro atoms. The molecule has 2 aromatic rings. The first kappa shape index (κ1) is 17.4. The van der Waals surface area contributed by atoms with E-state index in [1.165, 1.54) is 11.3 Å². The number of carbonyl (C=O) groups is 2. The minimum atomic E-state index is -0.262. The smallest absolute Gasteiger partial charge is 0.275 e. The molecule has 0 aliphatic carbocycles. The van der Waals surface area contributed by atoms with Crippen LogP contribution in [0.4, 0.5) is 11.4 Å². The lowest BCUT2D eigenvalue weighted by molar-refractivity contribution is -0.116. The lowest BCUT2D eigenvalue weighted by atomic mass is 10.0. The van der Waals surface area contributed by atoms with Gasteiger partial charge in [0, 0.05) is 29.6 Å². The third-order valence-electron chi connectivity index (χ3n) is 3.41. The minimum Gasteiger partial charge on any atom is -0.330 e. The normalized spacial score (nSPS) is 12.8. The van der Waals surface area contributed by atoms with Gasteiger partial charge in [0.2, 0.25) is 5.91 Å². The lowest BCUT2D eigenvalue weighted by Gasteiger charge is -2.17. The number of hydrogen-bond donors (Lipinski definition) is 3. The fraction of sp³-hybridized carbons (Fsp3) is 0.267. The molecule has 1 aliphatic heterocycles. The lowest BCUT2D eigenvalue weighted by Crippen LogP contribution is -2.19. The number of rotatable bonds is 4. The van der Waals surface area contributed by atoms with E-state index in [1.54, 1.807) is 11.4 Å². The Bertz CT molecular complexity index is 732. The molecule has 8 heteroatoms. The molecular formula is C15H17ClN4O2S. The molecule has 0 unspecified atom stereocenters. The number of nitrogens with two attached hydrogens (primary N) is 1. The number of fused-ring (bicyclic) bond motifs is 1. The van der Waals surface area contributed by atoms with Gasteiger partial charge in [-0.1, -0.05) is 6.07 Å². The van der Waals surface area contributed by atoms with E-state index in [0.717, 1.165) is 22.7 Å². The summed E-state index contributed by atoms with van der Waals surface area (Å²) in [7, 11) is 0. The number of halogens is 1. The van der Waals surface area contributed by atoms with Crippen LogP contribution >= 0.6 is 23.7 Å². The molecule has 2 amide bonds. The summed E-state index contributed by atoms with van der Waals surface area (Å²) in [5.41, 5.74) is 8.34. The Balaban J connectivity index is 0.00000192. The van der Waals surface area contributed by atoms with Crippen molar-refractivity contribution in [3.05, 3.63) is 39.8 Å². The largest absolute Gasteiger partial charge is 0.330 e. The van der Waals surface area contributed by atoms with Crippen molar-refractivity contribution in [3.8, 4) is 0 Å². The van der Waals surface area contributed by atoms with Gasteiger partial charge < -0.3 is 16.4 Å². The maximum Gasteiger partial charge on any atom is 0.275 e. The van der Waals surface area contributed by atoms with Crippen molar-refractivity contribution in [3.63, 3.8) is 0 Å². The van der Waals surface area contributed by atoms with E-state index in [2.05, 4.69) is 15.6 Å². The highest BCUT2D eigenvalue weighted by Gasteiger charge is 2.16. The zero-order chi connectivity index (χ0) is 15.5. The van der Waals surface area contributed by atoms with Crippen LogP contribution in [0.1, 0.15) is 27.5 Å². The zero-order valence-corrected chi connectivity index (χ0v) is 13.9. The number of aromatic nitrogens is 1. The van der Waals surface area contributed by atoms with E-state index in [9.17, 15) is 9.59 Å². The van der Waals surface area contributed by atoms with Crippen LogP contribution in [0.3, 0.4) is 0 Å². The summed E-state index contributed by atoms with van der Waals surface area (Å²) >= 11 is 1.43. The highest BCUT2D eigenvalue weighted by atomic mass is 35.5.